The zero-order valence-corrected chi connectivity index (χ0v) is 12.3. The third-order valence-corrected chi connectivity index (χ3v) is 3.25. The number of hydrogen-bond donors (Lipinski definition) is 2. The molecular weight excluding hydrogens is 268 g/mol. The number of nitrogens with two attached hydrogens (primary N) is 1. The number of nitrogen functional groups attached to an aromatic ring is 1. The average Bonchev–Trinajstić information content (AvgIpc) is 2.73. The predicted molar refractivity (Wildman–Crippen MR) is 80.9 cm³/mol. The van der Waals surface area contributed by atoms with E-state index in [2.05, 4.69) is 29.1 Å². The van der Waals surface area contributed by atoms with Crippen molar-refractivity contribution in [1.29, 1.82) is 0 Å². The van der Waals surface area contributed by atoms with Crippen LogP contribution in [0.15, 0.2) is 24.3 Å². The Morgan fingerprint density at radius 2 is 2.14 bits per heavy atom. The van der Waals surface area contributed by atoms with E-state index in [4.69, 9.17) is 15.2 Å². The van der Waals surface area contributed by atoms with Crippen molar-refractivity contribution in [2.75, 3.05) is 18.1 Å². The number of fused-ring (bicyclic) bond motifs is 1. The van der Waals surface area contributed by atoms with Gasteiger partial charge in [0.1, 0.15) is 11.4 Å². The third kappa shape index (κ3) is 2.69. The van der Waals surface area contributed by atoms with Gasteiger partial charge in [0.2, 0.25) is 11.8 Å². The van der Waals surface area contributed by atoms with E-state index in [1.54, 1.807) is 13.1 Å². The molecule has 3 rings (SSSR count). The molecule has 0 fully saturated rings. The molecule has 1 aliphatic heterocycles. The Morgan fingerprint density at radius 1 is 1.33 bits per heavy atom. The maximum Gasteiger partial charge on any atom is 0.226 e. The lowest BCUT2D eigenvalue weighted by Crippen LogP contribution is -2.24. The van der Waals surface area contributed by atoms with Crippen molar-refractivity contribution in [3.63, 3.8) is 0 Å². The van der Waals surface area contributed by atoms with Crippen LogP contribution in [-0.4, -0.2) is 22.6 Å². The summed E-state index contributed by atoms with van der Waals surface area (Å²) < 4.78 is 11.8. The van der Waals surface area contributed by atoms with Crippen LogP contribution in [0.1, 0.15) is 19.4 Å². The molecule has 1 aliphatic rings. The summed E-state index contributed by atoms with van der Waals surface area (Å²) in [6.45, 7) is 4.11. The molecule has 0 saturated heterocycles. The van der Waals surface area contributed by atoms with Crippen LogP contribution < -0.4 is 20.5 Å². The third-order valence-electron chi connectivity index (χ3n) is 3.25. The van der Waals surface area contributed by atoms with E-state index in [1.165, 1.54) is 0 Å². The van der Waals surface area contributed by atoms with Crippen molar-refractivity contribution in [3.05, 3.63) is 29.8 Å². The van der Waals surface area contributed by atoms with Gasteiger partial charge in [-0.3, -0.25) is 0 Å². The predicted octanol–water partition coefficient (Wildman–Crippen LogP) is 2.61. The molecule has 2 heterocycles. The van der Waals surface area contributed by atoms with Gasteiger partial charge in [-0.2, -0.15) is 9.97 Å². The number of para-hydroxylation sites is 1. The SMILES string of the molecule is CNc1cc(Oc2cccc3c2OC(C)(C)C3)nc(N)n1. The van der Waals surface area contributed by atoms with Crippen molar-refractivity contribution >= 4 is 11.8 Å². The smallest absolute Gasteiger partial charge is 0.226 e. The molecule has 0 bridgehead atoms. The fraction of sp³-hybridized carbons (Fsp3) is 0.333. The standard InChI is InChI=1S/C15H18N4O2/c1-15(2)8-9-5-4-6-10(13(9)21-15)20-12-7-11(17-3)18-14(16)19-12/h4-7H,8H2,1-3H3,(H3,16,17,18,19). The van der Waals surface area contributed by atoms with Gasteiger partial charge >= 0.3 is 0 Å². The number of nitrogens with one attached hydrogen (secondary N) is 1. The zero-order valence-electron chi connectivity index (χ0n) is 12.3. The summed E-state index contributed by atoms with van der Waals surface area (Å²) in [6.07, 6.45) is 0.854. The van der Waals surface area contributed by atoms with Gasteiger partial charge in [0, 0.05) is 25.1 Å². The summed E-state index contributed by atoms with van der Waals surface area (Å²) in [5, 5.41) is 2.92. The van der Waals surface area contributed by atoms with Crippen molar-refractivity contribution < 1.29 is 9.47 Å². The van der Waals surface area contributed by atoms with Crippen LogP contribution in [0.3, 0.4) is 0 Å². The molecular formula is C15H18N4O2. The van der Waals surface area contributed by atoms with Crippen LogP contribution in [0, 0.1) is 0 Å². The van der Waals surface area contributed by atoms with Gasteiger partial charge < -0.3 is 20.5 Å². The molecule has 1 aromatic carbocycles. The van der Waals surface area contributed by atoms with E-state index in [9.17, 15) is 0 Å². The van der Waals surface area contributed by atoms with Gasteiger partial charge in [0.15, 0.2) is 11.5 Å². The molecule has 1 aromatic heterocycles. The number of rotatable bonds is 3. The highest BCUT2D eigenvalue weighted by Gasteiger charge is 2.32. The van der Waals surface area contributed by atoms with E-state index >= 15 is 0 Å². The lowest BCUT2D eigenvalue weighted by molar-refractivity contribution is 0.135. The van der Waals surface area contributed by atoms with Crippen molar-refractivity contribution in [1.82, 2.24) is 9.97 Å². The van der Waals surface area contributed by atoms with Crippen molar-refractivity contribution in [2.24, 2.45) is 0 Å². The van der Waals surface area contributed by atoms with Crippen LogP contribution in [0.25, 0.3) is 0 Å². The Labute approximate surface area is 123 Å². The molecule has 2 aromatic rings. The van der Waals surface area contributed by atoms with Crippen LogP contribution in [0.5, 0.6) is 17.4 Å². The number of anilines is 2. The summed E-state index contributed by atoms with van der Waals surface area (Å²) in [4.78, 5) is 8.12. The maximum atomic E-state index is 5.97. The Morgan fingerprint density at radius 3 is 2.90 bits per heavy atom. The molecule has 0 unspecified atom stereocenters. The highest BCUT2D eigenvalue weighted by atomic mass is 16.5. The lowest BCUT2D eigenvalue weighted by Gasteiger charge is -2.18. The van der Waals surface area contributed by atoms with E-state index in [-0.39, 0.29) is 11.5 Å². The monoisotopic (exact) mass is 286 g/mol. The second kappa shape index (κ2) is 4.80. The summed E-state index contributed by atoms with van der Waals surface area (Å²) >= 11 is 0. The lowest BCUT2D eigenvalue weighted by atomic mass is 10.0. The number of hydrogen-bond acceptors (Lipinski definition) is 6. The highest BCUT2D eigenvalue weighted by molar-refractivity contribution is 5.52. The largest absolute Gasteiger partial charge is 0.483 e. The average molecular weight is 286 g/mol. The minimum atomic E-state index is -0.220. The molecule has 0 atom stereocenters. The second-order valence-electron chi connectivity index (χ2n) is 5.58. The molecule has 3 N–H and O–H groups in total. The van der Waals surface area contributed by atoms with E-state index in [0.29, 0.717) is 17.4 Å². The topological polar surface area (TPSA) is 82.3 Å². The first-order chi connectivity index (χ1) is 9.97. The molecule has 6 heteroatoms. The molecule has 6 nitrogen and oxygen atoms in total. The molecule has 110 valence electrons. The molecule has 0 amide bonds. The van der Waals surface area contributed by atoms with Crippen LogP contribution in [0.2, 0.25) is 0 Å². The van der Waals surface area contributed by atoms with Gasteiger partial charge in [0.25, 0.3) is 0 Å². The van der Waals surface area contributed by atoms with Gasteiger partial charge in [-0.05, 0) is 19.9 Å². The maximum absolute atomic E-state index is 5.97. The first kappa shape index (κ1) is 13.5. The first-order valence-electron chi connectivity index (χ1n) is 6.78. The fourth-order valence-corrected chi connectivity index (χ4v) is 2.40. The van der Waals surface area contributed by atoms with E-state index < -0.39 is 0 Å². The van der Waals surface area contributed by atoms with E-state index in [0.717, 1.165) is 17.7 Å². The summed E-state index contributed by atoms with van der Waals surface area (Å²) in [7, 11) is 1.76. The molecule has 0 aliphatic carbocycles. The quantitative estimate of drug-likeness (QED) is 0.902. The number of aromatic nitrogens is 2. The summed E-state index contributed by atoms with van der Waals surface area (Å²) in [5.74, 6) is 2.55. The molecule has 21 heavy (non-hydrogen) atoms. The van der Waals surface area contributed by atoms with Crippen LogP contribution >= 0.6 is 0 Å². The van der Waals surface area contributed by atoms with Crippen LogP contribution in [0.4, 0.5) is 11.8 Å². The van der Waals surface area contributed by atoms with Gasteiger partial charge in [-0.25, -0.2) is 0 Å². The number of nitrogens with zero attached hydrogens (tertiary/aromatic N) is 2. The Kier molecular flexibility index (Phi) is 3.08. The first-order valence-corrected chi connectivity index (χ1v) is 6.78. The Bertz CT molecular complexity index is 685. The Hall–Kier alpha value is -2.50. The highest BCUT2D eigenvalue weighted by Crippen LogP contribution is 2.43. The van der Waals surface area contributed by atoms with Crippen molar-refractivity contribution in [2.45, 2.75) is 25.9 Å². The molecule has 0 spiro atoms. The van der Waals surface area contributed by atoms with E-state index in [1.807, 2.05) is 18.2 Å². The van der Waals surface area contributed by atoms with Crippen LogP contribution in [-0.2, 0) is 6.42 Å². The van der Waals surface area contributed by atoms with Gasteiger partial charge in [-0.1, -0.05) is 12.1 Å². The number of ether oxygens (including phenoxy) is 2. The normalized spacial score (nSPS) is 15.2. The zero-order chi connectivity index (χ0) is 15.0. The second-order valence-corrected chi connectivity index (χ2v) is 5.58. The minimum absolute atomic E-state index is 0.158. The number of benzene rings is 1. The fourth-order valence-electron chi connectivity index (χ4n) is 2.40. The Balaban J connectivity index is 1.94. The van der Waals surface area contributed by atoms with Gasteiger partial charge in [-0.15, -0.1) is 0 Å². The molecule has 0 saturated carbocycles. The molecule has 0 radical (unpaired) electrons. The summed E-state index contributed by atoms with van der Waals surface area (Å²) in [6, 6.07) is 7.54. The summed E-state index contributed by atoms with van der Waals surface area (Å²) in [5.41, 5.74) is 6.58. The van der Waals surface area contributed by atoms with Gasteiger partial charge in [0.05, 0.1) is 0 Å². The minimum Gasteiger partial charge on any atom is -0.483 e. The van der Waals surface area contributed by atoms with Crippen molar-refractivity contribution in [3.8, 4) is 17.4 Å².